The number of amides is 1. The van der Waals surface area contributed by atoms with Crippen molar-refractivity contribution in [1.82, 2.24) is 9.80 Å². The van der Waals surface area contributed by atoms with Gasteiger partial charge in [-0.2, -0.15) is 0 Å². The Kier molecular flexibility index (Phi) is 4.82. The average Bonchev–Trinajstić information content (AvgIpc) is 3.28. The van der Waals surface area contributed by atoms with Crippen molar-refractivity contribution in [3.63, 3.8) is 0 Å². The number of methoxy groups -OCH3 is 2. The molecule has 1 amide bonds. The Hall–Kier alpha value is -0.650. The second-order valence-corrected chi connectivity index (χ2v) is 6.73. The molecule has 5 nitrogen and oxygen atoms in total. The molecule has 1 saturated carbocycles. The van der Waals surface area contributed by atoms with Crippen LogP contribution in [-0.2, 0) is 14.3 Å². The van der Waals surface area contributed by atoms with Crippen LogP contribution in [0, 0.1) is 5.92 Å². The molecule has 0 aromatic heterocycles. The minimum Gasteiger partial charge on any atom is -0.383 e. The van der Waals surface area contributed by atoms with Crippen LogP contribution in [0.15, 0.2) is 0 Å². The van der Waals surface area contributed by atoms with Gasteiger partial charge in [0.25, 0.3) is 0 Å². The van der Waals surface area contributed by atoms with Crippen molar-refractivity contribution in [2.24, 2.45) is 5.92 Å². The van der Waals surface area contributed by atoms with E-state index < -0.39 is 0 Å². The van der Waals surface area contributed by atoms with Gasteiger partial charge in [-0.15, -0.1) is 0 Å². The molecule has 0 spiro atoms. The number of piperidine rings is 1. The Balaban J connectivity index is 1.55. The summed E-state index contributed by atoms with van der Waals surface area (Å²) in [6, 6.07) is 1.01. The average molecular weight is 296 g/mol. The minimum atomic E-state index is 0.167. The number of hydrogen-bond acceptors (Lipinski definition) is 4. The zero-order chi connectivity index (χ0) is 14.8. The van der Waals surface area contributed by atoms with Crippen molar-refractivity contribution in [2.75, 3.05) is 40.5 Å². The molecule has 2 atom stereocenters. The summed E-state index contributed by atoms with van der Waals surface area (Å²) >= 11 is 0. The number of carbonyl (C=O) groups is 1. The fraction of sp³-hybridized carbons (Fsp3) is 0.938. The lowest BCUT2D eigenvalue weighted by Gasteiger charge is -2.34. The Morgan fingerprint density at radius 2 is 1.86 bits per heavy atom. The second-order valence-electron chi connectivity index (χ2n) is 6.73. The molecule has 0 aromatic rings. The van der Waals surface area contributed by atoms with E-state index in [2.05, 4.69) is 4.90 Å². The van der Waals surface area contributed by atoms with Gasteiger partial charge in [-0.25, -0.2) is 0 Å². The fourth-order valence-electron chi connectivity index (χ4n) is 3.85. The monoisotopic (exact) mass is 296 g/mol. The van der Waals surface area contributed by atoms with E-state index in [0.29, 0.717) is 12.5 Å². The second kappa shape index (κ2) is 6.63. The van der Waals surface area contributed by atoms with Crippen molar-refractivity contribution in [2.45, 2.75) is 50.3 Å². The number of rotatable bonds is 5. The number of carbonyl (C=O) groups excluding carboxylic acids is 1. The molecule has 0 aromatic carbocycles. The van der Waals surface area contributed by atoms with Crippen LogP contribution in [0.4, 0.5) is 0 Å². The predicted molar refractivity (Wildman–Crippen MR) is 80.1 cm³/mol. The van der Waals surface area contributed by atoms with E-state index in [0.717, 1.165) is 44.9 Å². The topological polar surface area (TPSA) is 42.0 Å². The van der Waals surface area contributed by atoms with Crippen LogP contribution >= 0.6 is 0 Å². The molecule has 5 heteroatoms. The van der Waals surface area contributed by atoms with Crippen LogP contribution in [0.2, 0.25) is 0 Å². The molecule has 2 saturated heterocycles. The Morgan fingerprint density at radius 1 is 1.14 bits per heavy atom. The highest BCUT2D eigenvalue weighted by Crippen LogP contribution is 2.32. The number of nitrogens with zero attached hydrogens (tertiary/aromatic N) is 2. The zero-order valence-electron chi connectivity index (χ0n) is 13.3. The first-order valence-electron chi connectivity index (χ1n) is 8.29. The molecular formula is C16H28N2O3. The van der Waals surface area contributed by atoms with Gasteiger partial charge in [0.2, 0.25) is 5.91 Å². The summed E-state index contributed by atoms with van der Waals surface area (Å²) in [6.07, 6.45) is 5.82. The maximum absolute atomic E-state index is 12.8. The lowest BCUT2D eigenvalue weighted by Crippen LogP contribution is -2.46. The summed E-state index contributed by atoms with van der Waals surface area (Å²) in [5, 5.41) is 0. The zero-order valence-corrected chi connectivity index (χ0v) is 13.3. The molecule has 1 aliphatic carbocycles. The lowest BCUT2D eigenvalue weighted by molar-refractivity contribution is -0.139. The van der Waals surface area contributed by atoms with Crippen LogP contribution in [-0.4, -0.2) is 74.4 Å². The number of hydrogen-bond donors (Lipinski definition) is 0. The van der Waals surface area contributed by atoms with Crippen LogP contribution < -0.4 is 0 Å². The van der Waals surface area contributed by atoms with Crippen LogP contribution in [0.1, 0.15) is 32.1 Å². The third-order valence-corrected chi connectivity index (χ3v) is 5.29. The van der Waals surface area contributed by atoms with Gasteiger partial charge in [0.15, 0.2) is 0 Å². The standard InChI is InChI=1S/C16H28N2O3/c1-20-11-14-9-15(21-2)10-18(14)16(19)12-5-7-17(8-6-12)13-3-4-13/h12-15H,3-11H2,1-2H3/t14-,15-/m0/s1. The smallest absolute Gasteiger partial charge is 0.226 e. The third kappa shape index (κ3) is 3.41. The molecular weight excluding hydrogens is 268 g/mol. The quantitative estimate of drug-likeness (QED) is 0.762. The molecule has 3 aliphatic rings. The van der Waals surface area contributed by atoms with Crippen molar-refractivity contribution >= 4 is 5.91 Å². The third-order valence-electron chi connectivity index (χ3n) is 5.29. The van der Waals surface area contributed by atoms with Crippen LogP contribution in [0.3, 0.4) is 0 Å². The maximum atomic E-state index is 12.8. The Morgan fingerprint density at radius 3 is 2.43 bits per heavy atom. The van der Waals surface area contributed by atoms with E-state index in [1.165, 1.54) is 12.8 Å². The first-order chi connectivity index (χ1) is 10.2. The summed E-state index contributed by atoms with van der Waals surface area (Å²) < 4.78 is 10.7. The molecule has 3 rings (SSSR count). The van der Waals surface area contributed by atoms with Gasteiger partial charge in [-0.1, -0.05) is 0 Å². The summed E-state index contributed by atoms with van der Waals surface area (Å²) in [4.78, 5) is 17.4. The van der Waals surface area contributed by atoms with E-state index in [4.69, 9.17) is 9.47 Å². The van der Waals surface area contributed by atoms with E-state index in [1.807, 2.05) is 4.90 Å². The van der Waals surface area contributed by atoms with Crippen molar-refractivity contribution in [3.05, 3.63) is 0 Å². The van der Waals surface area contributed by atoms with E-state index >= 15 is 0 Å². The highest BCUT2D eigenvalue weighted by atomic mass is 16.5. The van der Waals surface area contributed by atoms with Gasteiger partial charge >= 0.3 is 0 Å². The summed E-state index contributed by atoms with van der Waals surface area (Å²) in [5.41, 5.74) is 0. The van der Waals surface area contributed by atoms with Gasteiger partial charge in [-0.3, -0.25) is 4.79 Å². The first kappa shape index (κ1) is 15.3. The molecule has 0 unspecified atom stereocenters. The molecule has 0 radical (unpaired) electrons. The minimum absolute atomic E-state index is 0.167. The highest BCUT2D eigenvalue weighted by molar-refractivity contribution is 5.79. The summed E-state index contributed by atoms with van der Waals surface area (Å²) in [5.74, 6) is 0.530. The van der Waals surface area contributed by atoms with E-state index in [-0.39, 0.29) is 18.1 Å². The summed E-state index contributed by atoms with van der Waals surface area (Å²) in [7, 11) is 3.44. The number of likely N-dealkylation sites (tertiary alicyclic amines) is 2. The van der Waals surface area contributed by atoms with Crippen LogP contribution in [0.5, 0.6) is 0 Å². The maximum Gasteiger partial charge on any atom is 0.226 e. The highest BCUT2D eigenvalue weighted by Gasteiger charge is 2.40. The van der Waals surface area contributed by atoms with Gasteiger partial charge in [0.05, 0.1) is 18.8 Å². The fourth-order valence-corrected chi connectivity index (χ4v) is 3.85. The van der Waals surface area contributed by atoms with Crippen molar-refractivity contribution in [1.29, 1.82) is 0 Å². The summed E-state index contributed by atoms with van der Waals surface area (Å²) in [6.45, 7) is 3.54. The van der Waals surface area contributed by atoms with Gasteiger partial charge in [0.1, 0.15) is 0 Å². The van der Waals surface area contributed by atoms with Crippen molar-refractivity contribution < 1.29 is 14.3 Å². The molecule has 21 heavy (non-hydrogen) atoms. The Labute approximate surface area is 127 Å². The van der Waals surface area contributed by atoms with Crippen molar-refractivity contribution in [3.8, 4) is 0 Å². The van der Waals surface area contributed by atoms with Crippen LogP contribution in [0.25, 0.3) is 0 Å². The number of ether oxygens (including phenoxy) is 2. The molecule has 0 bridgehead atoms. The van der Waals surface area contributed by atoms with E-state index in [1.54, 1.807) is 14.2 Å². The first-order valence-corrected chi connectivity index (χ1v) is 8.29. The molecule has 3 fully saturated rings. The molecule has 2 heterocycles. The molecule has 0 N–H and O–H groups in total. The van der Waals surface area contributed by atoms with E-state index in [9.17, 15) is 4.79 Å². The largest absolute Gasteiger partial charge is 0.383 e. The predicted octanol–water partition coefficient (Wildman–Crippen LogP) is 1.12. The molecule has 120 valence electrons. The molecule has 2 aliphatic heterocycles. The SMILES string of the molecule is COC[C@@H]1C[C@H](OC)CN1C(=O)C1CCN(C2CC2)CC1. The lowest BCUT2D eigenvalue weighted by atomic mass is 9.95. The Bertz CT molecular complexity index is 365. The van der Waals surface area contributed by atoms with Gasteiger partial charge in [-0.05, 0) is 45.2 Å². The normalized spacial score (nSPS) is 31.8. The van der Waals surface area contributed by atoms with Gasteiger partial charge in [0, 0.05) is 32.7 Å². The van der Waals surface area contributed by atoms with Gasteiger partial charge < -0.3 is 19.3 Å².